The van der Waals surface area contributed by atoms with Gasteiger partial charge < -0.3 is 15.2 Å². The van der Waals surface area contributed by atoms with Gasteiger partial charge in [0.25, 0.3) is 11.8 Å². The lowest BCUT2D eigenvalue weighted by Crippen LogP contribution is -2.31. The molecular formula is C29H26ClN3O4. The smallest absolute Gasteiger partial charge is 0.271 e. The van der Waals surface area contributed by atoms with E-state index < -0.39 is 5.91 Å². The van der Waals surface area contributed by atoms with Crippen LogP contribution in [0.5, 0.6) is 11.5 Å². The molecule has 8 heteroatoms. The highest BCUT2D eigenvalue weighted by atomic mass is 35.5. The van der Waals surface area contributed by atoms with Gasteiger partial charge in [-0.15, -0.1) is 0 Å². The number of nitrogens with one attached hydrogen (secondary N) is 2. The molecule has 0 bridgehead atoms. The molecule has 3 N–H and O–H groups in total. The molecule has 0 unspecified atom stereocenters. The molecule has 0 aliphatic rings. The fourth-order valence-electron chi connectivity index (χ4n) is 3.77. The summed E-state index contributed by atoms with van der Waals surface area (Å²) < 4.78 is 5.85. The highest BCUT2D eigenvalue weighted by Gasteiger charge is 2.12. The first-order chi connectivity index (χ1) is 17.8. The summed E-state index contributed by atoms with van der Waals surface area (Å²) in [5, 5.41) is 18.3. The van der Waals surface area contributed by atoms with E-state index in [9.17, 15) is 14.7 Å². The van der Waals surface area contributed by atoms with Crippen LogP contribution >= 0.6 is 11.6 Å². The number of aryl methyl sites for hydroxylation is 1. The number of fused-ring (bicyclic) bond motifs is 1. The van der Waals surface area contributed by atoms with Gasteiger partial charge in [0.05, 0.1) is 17.3 Å². The van der Waals surface area contributed by atoms with Crippen molar-refractivity contribution in [3.05, 3.63) is 106 Å². The molecule has 0 heterocycles. The van der Waals surface area contributed by atoms with Crippen molar-refractivity contribution >= 4 is 40.4 Å². The fraction of sp³-hybridized carbons (Fsp3) is 0.138. The summed E-state index contributed by atoms with van der Waals surface area (Å²) in [5.74, 6) is -0.226. The summed E-state index contributed by atoms with van der Waals surface area (Å²) in [6.07, 6.45) is 1.53. The van der Waals surface area contributed by atoms with E-state index in [1.165, 1.54) is 24.4 Å². The molecule has 0 saturated heterocycles. The van der Waals surface area contributed by atoms with E-state index >= 15 is 0 Å². The standard InChI is InChI=1S/C29H26ClN3O4/c1-18-7-9-20(10-8-18)19(2)32-28(35)17-37-27-14-12-22(23-5-3-4-6-24(23)27)16-31-33-29(36)21-11-13-26(34)25(30)15-21/h3-16,19,34H,17H2,1-2H3,(H,32,35)(H,33,36)/b31-16+/t19-/m1/s1. The molecule has 7 nitrogen and oxygen atoms in total. The molecule has 0 saturated carbocycles. The number of benzene rings is 4. The van der Waals surface area contributed by atoms with Gasteiger partial charge in [-0.2, -0.15) is 5.10 Å². The average molecular weight is 516 g/mol. The Kier molecular flexibility index (Phi) is 8.05. The number of hydrogen-bond acceptors (Lipinski definition) is 5. The van der Waals surface area contributed by atoms with Gasteiger partial charge in [-0.25, -0.2) is 5.43 Å². The van der Waals surface area contributed by atoms with Gasteiger partial charge in [0.15, 0.2) is 6.61 Å². The van der Waals surface area contributed by atoms with Crippen molar-refractivity contribution in [3.63, 3.8) is 0 Å². The summed E-state index contributed by atoms with van der Waals surface area (Å²) in [5.41, 5.74) is 5.66. The van der Waals surface area contributed by atoms with Gasteiger partial charge in [0.1, 0.15) is 11.5 Å². The number of hydrogen-bond donors (Lipinski definition) is 3. The van der Waals surface area contributed by atoms with E-state index in [2.05, 4.69) is 15.8 Å². The van der Waals surface area contributed by atoms with E-state index in [-0.39, 0.29) is 34.9 Å². The van der Waals surface area contributed by atoms with Crippen molar-refractivity contribution in [2.45, 2.75) is 19.9 Å². The Morgan fingerprint density at radius 2 is 1.76 bits per heavy atom. The summed E-state index contributed by atoms with van der Waals surface area (Å²) in [6.45, 7) is 3.83. The van der Waals surface area contributed by atoms with Crippen LogP contribution < -0.4 is 15.5 Å². The van der Waals surface area contributed by atoms with Crippen LogP contribution in [0.2, 0.25) is 5.02 Å². The zero-order valence-corrected chi connectivity index (χ0v) is 21.1. The zero-order chi connectivity index (χ0) is 26.4. The van der Waals surface area contributed by atoms with E-state index in [4.69, 9.17) is 16.3 Å². The number of rotatable bonds is 8. The minimum absolute atomic E-state index is 0.0801. The topological polar surface area (TPSA) is 100 Å². The second-order valence-corrected chi connectivity index (χ2v) is 8.96. The zero-order valence-electron chi connectivity index (χ0n) is 20.4. The third-order valence-corrected chi connectivity index (χ3v) is 6.11. The maximum absolute atomic E-state index is 12.5. The maximum atomic E-state index is 12.5. The van der Waals surface area contributed by atoms with Gasteiger partial charge in [-0.1, -0.05) is 65.7 Å². The molecule has 0 spiro atoms. The number of hydrazone groups is 1. The summed E-state index contributed by atoms with van der Waals surface area (Å²) >= 11 is 5.87. The quantitative estimate of drug-likeness (QED) is 0.212. The molecular weight excluding hydrogens is 490 g/mol. The van der Waals surface area contributed by atoms with Crippen molar-refractivity contribution < 1.29 is 19.4 Å². The molecule has 0 fully saturated rings. The minimum Gasteiger partial charge on any atom is -0.506 e. The highest BCUT2D eigenvalue weighted by Crippen LogP contribution is 2.28. The number of phenols is 1. The molecule has 2 amide bonds. The Morgan fingerprint density at radius 1 is 1.03 bits per heavy atom. The van der Waals surface area contributed by atoms with E-state index in [0.29, 0.717) is 5.75 Å². The first-order valence-corrected chi connectivity index (χ1v) is 12.0. The van der Waals surface area contributed by atoms with Crippen molar-refractivity contribution in [2.75, 3.05) is 6.61 Å². The van der Waals surface area contributed by atoms with Crippen LogP contribution in [0.25, 0.3) is 10.8 Å². The SMILES string of the molecule is Cc1ccc([C@@H](C)NC(=O)COc2ccc(/C=N/NC(=O)c3ccc(O)c(Cl)c3)c3ccccc23)cc1. The van der Waals surface area contributed by atoms with E-state index in [0.717, 1.165) is 27.5 Å². The van der Waals surface area contributed by atoms with Crippen LogP contribution in [-0.2, 0) is 4.79 Å². The monoisotopic (exact) mass is 515 g/mol. The largest absolute Gasteiger partial charge is 0.506 e. The van der Waals surface area contributed by atoms with Crippen LogP contribution in [0.3, 0.4) is 0 Å². The molecule has 188 valence electrons. The summed E-state index contributed by atoms with van der Waals surface area (Å²) in [4.78, 5) is 24.8. The molecule has 1 atom stereocenters. The molecule has 4 aromatic carbocycles. The lowest BCUT2D eigenvalue weighted by molar-refractivity contribution is -0.123. The van der Waals surface area contributed by atoms with Gasteiger partial charge in [-0.05, 0) is 55.1 Å². The van der Waals surface area contributed by atoms with Crippen LogP contribution in [0.15, 0.2) is 84.0 Å². The number of ether oxygens (including phenoxy) is 1. The Balaban J connectivity index is 1.41. The lowest BCUT2D eigenvalue weighted by Gasteiger charge is -2.16. The second kappa shape index (κ2) is 11.6. The van der Waals surface area contributed by atoms with Gasteiger partial charge in [0, 0.05) is 16.5 Å². The van der Waals surface area contributed by atoms with Crippen LogP contribution in [-0.4, -0.2) is 29.7 Å². The Labute approximate surface area is 219 Å². The van der Waals surface area contributed by atoms with Crippen molar-refractivity contribution in [3.8, 4) is 11.5 Å². The first kappa shape index (κ1) is 25.7. The Hall–Kier alpha value is -4.36. The van der Waals surface area contributed by atoms with Crippen LogP contribution in [0, 0.1) is 6.92 Å². The Bertz CT molecular complexity index is 1470. The molecule has 0 aliphatic heterocycles. The third-order valence-electron chi connectivity index (χ3n) is 5.81. The molecule has 0 radical (unpaired) electrons. The average Bonchev–Trinajstić information content (AvgIpc) is 2.89. The van der Waals surface area contributed by atoms with Crippen LogP contribution in [0.1, 0.15) is 40.0 Å². The molecule has 0 aliphatic carbocycles. The Morgan fingerprint density at radius 3 is 2.49 bits per heavy atom. The van der Waals surface area contributed by atoms with Crippen molar-refractivity contribution in [1.29, 1.82) is 0 Å². The highest BCUT2D eigenvalue weighted by molar-refractivity contribution is 6.32. The van der Waals surface area contributed by atoms with Gasteiger partial charge >= 0.3 is 0 Å². The number of carbonyl (C=O) groups excluding carboxylic acids is 2. The fourth-order valence-corrected chi connectivity index (χ4v) is 3.95. The number of phenolic OH excluding ortho intramolecular Hbond substituents is 1. The van der Waals surface area contributed by atoms with E-state index in [1.807, 2.05) is 62.4 Å². The van der Waals surface area contributed by atoms with Crippen molar-refractivity contribution in [1.82, 2.24) is 10.7 Å². The molecule has 0 aromatic heterocycles. The second-order valence-electron chi connectivity index (χ2n) is 8.55. The number of carbonyl (C=O) groups is 2. The van der Waals surface area contributed by atoms with Gasteiger partial charge in [0.2, 0.25) is 0 Å². The summed E-state index contributed by atoms with van der Waals surface area (Å²) in [6, 6.07) is 23.2. The third kappa shape index (κ3) is 6.45. The summed E-state index contributed by atoms with van der Waals surface area (Å²) in [7, 11) is 0. The number of nitrogens with zero attached hydrogens (tertiary/aromatic N) is 1. The van der Waals surface area contributed by atoms with Crippen molar-refractivity contribution in [2.24, 2.45) is 5.10 Å². The van der Waals surface area contributed by atoms with E-state index in [1.54, 1.807) is 12.1 Å². The number of amides is 2. The first-order valence-electron chi connectivity index (χ1n) is 11.6. The lowest BCUT2D eigenvalue weighted by atomic mass is 10.0. The predicted octanol–water partition coefficient (Wildman–Crippen LogP) is 5.53. The normalized spacial score (nSPS) is 11.9. The molecule has 4 rings (SSSR count). The molecule has 4 aromatic rings. The number of aromatic hydroxyl groups is 1. The predicted molar refractivity (Wildman–Crippen MR) is 145 cm³/mol. The van der Waals surface area contributed by atoms with Gasteiger partial charge in [-0.3, -0.25) is 9.59 Å². The molecule has 37 heavy (non-hydrogen) atoms. The number of halogens is 1. The van der Waals surface area contributed by atoms with Crippen LogP contribution in [0.4, 0.5) is 0 Å². The minimum atomic E-state index is -0.465. The maximum Gasteiger partial charge on any atom is 0.271 e.